The predicted molar refractivity (Wildman–Crippen MR) is 78.5 cm³/mol. The highest BCUT2D eigenvalue weighted by Crippen LogP contribution is 2.35. The van der Waals surface area contributed by atoms with Crippen molar-refractivity contribution in [2.75, 3.05) is 5.32 Å². The van der Waals surface area contributed by atoms with Crippen LogP contribution in [0.3, 0.4) is 0 Å². The normalized spacial score (nSPS) is 16.1. The van der Waals surface area contributed by atoms with Crippen molar-refractivity contribution in [3.05, 3.63) is 47.8 Å². The maximum Gasteiger partial charge on any atom is 0.418 e. The highest BCUT2D eigenvalue weighted by atomic mass is 19.4. The third-order valence-electron chi connectivity index (χ3n) is 4.12. The molecular formula is C16H18F3N3. The van der Waals surface area contributed by atoms with Crippen LogP contribution < -0.4 is 5.32 Å². The van der Waals surface area contributed by atoms with Gasteiger partial charge >= 0.3 is 6.18 Å². The average molecular weight is 309 g/mol. The van der Waals surface area contributed by atoms with Gasteiger partial charge in [0.25, 0.3) is 0 Å². The van der Waals surface area contributed by atoms with E-state index >= 15 is 0 Å². The fraction of sp³-hybridized carbons (Fsp3) is 0.438. The Morgan fingerprint density at radius 1 is 1.14 bits per heavy atom. The monoisotopic (exact) mass is 309 g/mol. The van der Waals surface area contributed by atoms with Crippen molar-refractivity contribution < 1.29 is 13.2 Å². The summed E-state index contributed by atoms with van der Waals surface area (Å²) in [7, 11) is 0. The molecule has 0 unspecified atom stereocenters. The van der Waals surface area contributed by atoms with Gasteiger partial charge in [0.2, 0.25) is 0 Å². The number of alkyl halides is 3. The number of nitrogens with zero attached hydrogens (tertiary/aromatic N) is 2. The zero-order valence-electron chi connectivity index (χ0n) is 12.1. The lowest BCUT2D eigenvalue weighted by molar-refractivity contribution is -0.137. The first-order chi connectivity index (χ1) is 10.6. The molecule has 0 radical (unpaired) electrons. The summed E-state index contributed by atoms with van der Waals surface area (Å²) in [5, 5.41) is 7.24. The first kappa shape index (κ1) is 14.9. The quantitative estimate of drug-likeness (QED) is 0.892. The number of rotatable bonds is 4. The number of aromatic nitrogens is 2. The zero-order valence-corrected chi connectivity index (χ0v) is 12.1. The number of benzene rings is 1. The van der Waals surface area contributed by atoms with Crippen molar-refractivity contribution in [3.63, 3.8) is 0 Å². The summed E-state index contributed by atoms with van der Waals surface area (Å²) in [5.74, 6) is 0. The average Bonchev–Trinajstić information content (AvgIpc) is 3.15. The molecule has 6 heteroatoms. The van der Waals surface area contributed by atoms with E-state index in [4.69, 9.17) is 0 Å². The number of hydrogen-bond donors (Lipinski definition) is 1. The topological polar surface area (TPSA) is 29.9 Å². The Bertz CT molecular complexity index is 628. The van der Waals surface area contributed by atoms with Crippen molar-refractivity contribution in [2.45, 2.75) is 44.4 Å². The number of anilines is 1. The van der Waals surface area contributed by atoms with E-state index < -0.39 is 11.7 Å². The van der Waals surface area contributed by atoms with Gasteiger partial charge in [-0.05, 0) is 31.0 Å². The summed E-state index contributed by atoms with van der Waals surface area (Å²) in [6.07, 6.45) is 1.92. The summed E-state index contributed by atoms with van der Waals surface area (Å²) in [5.41, 5.74) is 0.389. The van der Waals surface area contributed by atoms with E-state index in [-0.39, 0.29) is 5.69 Å². The lowest BCUT2D eigenvalue weighted by Gasteiger charge is -2.17. The molecule has 1 fully saturated rings. The molecule has 2 aromatic rings. The first-order valence-electron chi connectivity index (χ1n) is 7.48. The van der Waals surface area contributed by atoms with Crippen LogP contribution in [0.1, 0.15) is 43.0 Å². The minimum Gasteiger partial charge on any atom is -0.379 e. The van der Waals surface area contributed by atoms with Crippen LogP contribution in [0.5, 0.6) is 0 Å². The van der Waals surface area contributed by atoms with E-state index in [1.54, 1.807) is 12.3 Å². The maximum atomic E-state index is 13.0. The Hall–Kier alpha value is -1.98. The number of halogens is 3. The molecule has 3 rings (SSSR count). The predicted octanol–water partition coefficient (Wildman–Crippen LogP) is 4.63. The fourth-order valence-electron chi connectivity index (χ4n) is 3.03. The van der Waals surface area contributed by atoms with Gasteiger partial charge < -0.3 is 5.32 Å². The summed E-state index contributed by atoms with van der Waals surface area (Å²) < 4.78 is 40.9. The molecule has 3 nitrogen and oxygen atoms in total. The molecule has 1 aromatic heterocycles. The van der Waals surface area contributed by atoms with Gasteiger partial charge in [-0.15, -0.1) is 0 Å². The molecule has 1 N–H and O–H groups in total. The highest BCUT2D eigenvalue weighted by molar-refractivity contribution is 5.52. The molecule has 1 aromatic carbocycles. The highest BCUT2D eigenvalue weighted by Gasteiger charge is 2.33. The molecule has 1 saturated carbocycles. The molecule has 1 heterocycles. The van der Waals surface area contributed by atoms with E-state index in [0.29, 0.717) is 12.6 Å². The van der Waals surface area contributed by atoms with Crippen molar-refractivity contribution in [2.24, 2.45) is 0 Å². The number of para-hydroxylation sites is 1. The van der Waals surface area contributed by atoms with Crippen molar-refractivity contribution in [1.82, 2.24) is 9.78 Å². The molecule has 1 aliphatic carbocycles. The van der Waals surface area contributed by atoms with Crippen LogP contribution in [-0.2, 0) is 12.7 Å². The van der Waals surface area contributed by atoms with E-state index in [1.165, 1.54) is 25.0 Å². The van der Waals surface area contributed by atoms with Gasteiger partial charge in [0.1, 0.15) is 0 Å². The van der Waals surface area contributed by atoms with Gasteiger partial charge in [-0.25, -0.2) is 0 Å². The minimum atomic E-state index is -4.35. The second-order valence-corrected chi connectivity index (χ2v) is 5.60. The molecule has 0 bridgehead atoms. The van der Waals surface area contributed by atoms with Gasteiger partial charge in [0.05, 0.1) is 23.8 Å². The molecule has 0 spiro atoms. The summed E-state index contributed by atoms with van der Waals surface area (Å²) >= 11 is 0. The minimum absolute atomic E-state index is 0.106. The van der Waals surface area contributed by atoms with Crippen LogP contribution in [0, 0.1) is 0 Å². The van der Waals surface area contributed by atoms with Crippen LogP contribution in [0.2, 0.25) is 0 Å². The SMILES string of the molecule is FC(F)(F)c1ccccc1NCc1ccnn1C1CCCC1. The summed E-state index contributed by atoms with van der Waals surface area (Å²) in [6.45, 7) is 0.337. The van der Waals surface area contributed by atoms with E-state index in [0.717, 1.165) is 24.6 Å². The Balaban J connectivity index is 1.75. The Morgan fingerprint density at radius 3 is 2.59 bits per heavy atom. The Kier molecular flexibility index (Phi) is 4.09. The third kappa shape index (κ3) is 3.10. The number of nitrogens with one attached hydrogen (secondary N) is 1. The second kappa shape index (κ2) is 6.02. The maximum absolute atomic E-state index is 13.0. The molecule has 0 amide bonds. The van der Waals surface area contributed by atoms with Crippen molar-refractivity contribution in [3.8, 4) is 0 Å². The van der Waals surface area contributed by atoms with Crippen LogP contribution in [-0.4, -0.2) is 9.78 Å². The van der Waals surface area contributed by atoms with Crippen LogP contribution >= 0.6 is 0 Å². The molecule has 0 aliphatic heterocycles. The Morgan fingerprint density at radius 2 is 1.86 bits per heavy atom. The van der Waals surface area contributed by atoms with Gasteiger partial charge in [0, 0.05) is 11.9 Å². The van der Waals surface area contributed by atoms with E-state index in [1.807, 2.05) is 10.7 Å². The van der Waals surface area contributed by atoms with Crippen LogP contribution in [0.25, 0.3) is 0 Å². The second-order valence-electron chi connectivity index (χ2n) is 5.60. The fourth-order valence-corrected chi connectivity index (χ4v) is 3.03. The van der Waals surface area contributed by atoms with Crippen LogP contribution in [0.15, 0.2) is 36.5 Å². The number of hydrogen-bond acceptors (Lipinski definition) is 2. The lowest BCUT2D eigenvalue weighted by Crippen LogP contribution is -2.15. The molecule has 22 heavy (non-hydrogen) atoms. The lowest BCUT2D eigenvalue weighted by atomic mass is 10.1. The van der Waals surface area contributed by atoms with E-state index in [2.05, 4.69) is 10.4 Å². The van der Waals surface area contributed by atoms with Gasteiger partial charge in [-0.2, -0.15) is 18.3 Å². The molecule has 0 saturated heterocycles. The third-order valence-corrected chi connectivity index (χ3v) is 4.12. The smallest absolute Gasteiger partial charge is 0.379 e. The first-order valence-corrected chi connectivity index (χ1v) is 7.48. The molecular weight excluding hydrogens is 291 g/mol. The molecule has 0 atom stereocenters. The Labute approximate surface area is 127 Å². The van der Waals surface area contributed by atoms with Crippen molar-refractivity contribution in [1.29, 1.82) is 0 Å². The largest absolute Gasteiger partial charge is 0.418 e. The van der Waals surface area contributed by atoms with Crippen LogP contribution in [0.4, 0.5) is 18.9 Å². The molecule has 1 aliphatic rings. The van der Waals surface area contributed by atoms with Gasteiger partial charge in [-0.3, -0.25) is 4.68 Å². The van der Waals surface area contributed by atoms with E-state index in [9.17, 15) is 13.2 Å². The van der Waals surface area contributed by atoms with Gasteiger partial charge in [0.15, 0.2) is 0 Å². The summed E-state index contributed by atoms with van der Waals surface area (Å²) in [4.78, 5) is 0. The zero-order chi connectivity index (χ0) is 15.6. The summed E-state index contributed by atoms with van der Waals surface area (Å²) in [6, 6.07) is 7.80. The van der Waals surface area contributed by atoms with Gasteiger partial charge in [-0.1, -0.05) is 25.0 Å². The standard InChI is InChI=1S/C16H18F3N3/c17-16(18,19)14-7-3-4-8-15(14)20-11-13-9-10-21-22(13)12-5-1-2-6-12/h3-4,7-10,12,20H,1-2,5-6,11H2. The molecule has 118 valence electrons. The van der Waals surface area contributed by atoms with Crippen molar-refractivity contribution >= 4 is 5.69 Å².